The van der Waals surface area contributed by atoms with Crippen molar-refractivity contribution in [1.82, 2.24) is 4.90 Å². The maximum atomic E-state index is 12.1. The van der Waals surface area contributed by atoms with Crippen LogP contribution in [0.2, 0.25) is 0 Å². The summed E-state index contributed by atoms with van der Waals surface area (Å²) in [5, 5.41) is 9.87. The van der Waals surface area contributed by atoms with Gasteiger partial charge >= 0.3 is 6.09 Å². The first-order valence-corrected chi connectivity index (χ1v) is 7.01. The average Bonchev–Trinajstić information content (AvgIpc) is 2.79. The largest absolute Gasteiger partial charge is 0.444 e. The zero-order chi connectivity index (χ0) is 13.4. The van der Waals surface area contributed by atoms with E-state index in [1.807, 2.05) is 25.7 Å². The fourth-order valence-corrected chi connectivity index (χ4v) is 2.53. The number of hydrogen-bond donors (Lipinski definition) is 1. The summed E-state index contributed by atoms with van der Waals surface area (Å²) in [5.74, 6) is 0. The highest BCUT2D eigenvalue weighted by molar-refractivity contribution is 5.68. The number of nitrogens with zero attached hydrogens (tertiary/aromatic N) is 1. The summed E-state index contributed by atoms with van der Waals surface area (Å²) in [4.78, 5) is 13.9. The minimum absolute atomic E-state index is 0.201. The smallest absolute Gasteiger partial charge is 0.410 e. The summed E-state index contributed by atoms with van der Waals surface area (Å²) in [6.07, 6.45) is 5.44. The molecule has 2 fully saturated rings. The molecule has 0 spiro atoms. The van der Waals surface area contributed by atoms with Crippen LogP contribution in [0.1, 0.15) is 59.3 Å². The molecule has 1 aliphatic carbocycles. The number of carbonyl (C=O) groups is 1. The van der Waals surface area contributed by atoms with Crippen molar-refractivity contribution in [3.8, 4) is 0 Å². The first-order chi connectivity index (χ1) is 8.29. The first kappa shape index (κ1) is 13.7. The van der Waals surface area contributed by atoms with Crippen molar-refractivity contribution in [2.75, 3.05) is 6.54 Å². The minimum Gasteiger partial charge on any atom is -0.444 e. The summed E-state index contributed by atoms with van der Waals surface area (Å²) >= 11 is 0. The van der Waals surface area contributed by atoms with Gasteiger partial charge in [0.05, 0.1) is 5.60 Å². The van der Waals surface area contributed by atoms with Gasteiger partial charge in [0.2, 0.25) is 0 Å². The Kier molecular flexibility index (Phi) is 3.58. The molecule has 1 atom stereocenters. The quantitative estimate of drug-likeness (QED) is 0.843. The Bertz CT molecular complexity index is 317. The normalized spacial score (nSPS) is 26.2. The molecule has 0 aromatic carbocycles. The Morgan fingerprint density at radius 1 is 1.44 bits per heavy atom. The second kappa shape index (κ2) is 4.72. The van der Waals surface area contributed by atoms with Crippen molar-refractivity contribution in [1.29, 1.82) is 0 Å². The van der Waals surface area contributed by atoms with Gasteiger partial charge in [0.25, 0.3) is 0 Å². The minimum atomic E-state index is -0.432. The molecule has 4 heteroatoms. The molecule has 0 radical (unpaired) electrons. The Morgan fingerprint density at radius 2 is 2.11 bits per heavy atom. The summed E-state index contributed by atoms with van der Waals surface area (Å²) in [6.45, 7) is 6.46. The van der Waals surface area contributed by atoms with Gasteiger partial charge in [0.1, 0.15) is 5.60 Å². The van der Waals surface area contributed by atoms with Crippen LogP contribution < -0.4 is 0 Å². The van der Waals surface area contributed by atoms with Crippen molar-refractivity contribution in [2.45, 2.75) is 76.5 Å². The van der Waals surface area contributed by atoms with E-state index in [0.29, 0.717) is 0 Å². The van der Waals surface area contributed by atoms with Gasteiger partial charge in [-0.1, -0.05) is 0 Å². The molecule has 0 aromatic heterocycles. The van der Waals surface area contributed by atoms with E-state index in [2.05, 4.69) is 0 Å². The standard InChI is InChI=1S/C14H25NO3/c1-13(2,3)18-12(16)15-10-4-5-11(15)6-7-14(17)8-9-14/h11,17H,4-10H2,1-3H3. The lowest BCUT2D eigenvalue weighted by atomic mass is 10.0. The van der Waals surface area contributed by atoms with E-state index in [0.717, 1.165) is 45.1 Å². The Balaban J connectivity index is 1.84. The molecule has 1 N–H and O–H groups in total. The predicted molar refractivity (Wildman–Crippen MR) is 69.4 cm³/mol. The second-order valence-electron chi connectivity index (χ2n) is 6.73. The van der Waals surface area contributed by atoms with Crippen LogP contribution in [-0.2, 0) is 4.74 Å². The lowest BCUT2D eigenvalue weighted by molar-refractivity contribution is 0.0202. The summed E-state index contributed by atoms with van der Waals surface area (Å²) in [6, 6.07) is 0.254. The van der Waals surface area contributed by atoms with Crippen molar-refractivity contribution >= 4 is 6.09 Å². The van der Waals surface area contributed by atoms with Crippen molar-refractivity contribution < 1.29 is 14.6 Å². The van der Waals surface area contributed by atoms with Gasteiger partial charge in [-0.05, 0) is 59.3 Å². The number of aliphatic hydroxyl groups is 1. The first-order valence-electron chi connectivity index (χ1n) is 7.01. The highest BCUT2D eigenvalue weighted by Crippen LogP contribution is 2.40. The van der Waals surface area contributed by atoms with E-state index in [-0.39, 0.29) is 12.1 Å². The molecule has 0 bridgehead atoms. The molecule has 1 saturated carbocycles. The van der Waals surface area contributed by atoms with Gasteiger partial charge < -0.3 is 14.7 Å². The van der Waals surface area contributed by atoms with E-state index in [1.54, 1.807) is 0 Å². The predicted octanol–water partition coefficient (Wildman–Crippen LogP) is 2.69. The molecule has 2 aliphatic rings. The molecule has 2 rings (SSSR count). The van der Waals surface area contributed by atoms with Crippen molar-refractivity contribution in [3.63, 3.8) is 0 Å². The van der Waals surface area contributed by atoms with E-state index in [4.69, 9.17) is 4.74 Å². The maximum absolute atomic E-state index is 12.1. The summed E-state index contributed by atoms with van der Waals surface area (Å²) < 4.78 is 5.42. The van der Waals surface area contributed by atoms with Gasteiger partial charge in [-0.2, -0.15) is 0 Å². The van der Waals surface area contributed by atoms with Crippen molar-refractivity contribution in [3.05, 3.63) is 0 Å². The van der Waals surface area contributed by atoms with Crippen LogP contribution in [0.25, 0.3) is 0 Å². The van der Waals surface area contributed by atoms with Gasteiger partial charge in [0.15, 0.2) is 0 Å². The highest BCUT2D eigenvalue weighted by Gasteiger charge is 2.41. The highest BCUT2D eigenvalue weighted by atomic mass is 16.6. The van der Waals surface area contributed by atoms with Crippen molar-refractivity contribution in [2.24, 2.45) is 0 Å². The average molecular weight is 255 g/mol. The molecule has 1 amide bonds. The maximum Gasteiger partial charge on any atom is 0.410 e. The third-order valence-electron chi connectivity index (χ3n) is 3.78. The summed E-state index contributed by atoms with van der Waals surface area (Å²) in [5.41, 5.74) is -0.846. The van der Waals surface area contributed by atoms with Crippen LogP contribution in [0.15, 0.2) is 0 Å². The number of hydrogen-bond acceptors (Lipinski definition) is 3. The zero-order valence-electron chi connectivity index (χ0n) is 11.7. The number of likely N-dealkylation sites (tertiary alicyclic amines) is 1. The van der Waals surface area contributed by atoms with Crippen LogP contribution in [0.3, 0.4) is 0 Å². The van der Waals surface area contributed by atoms with Crippen LogP contribution in [-0.4, -0.2) is 39.9 Å². The number of ether oxygens (including phenoxy) is 1. The molecular formula is C14H25NO3. The molecule has 1 saturated heterocycles. The second-order valence-corrected chi connectivity index (χ2v) is 6.73. The van der Waals surface area contributed by atoms with Gasteiger partial charge in [-0.3, -0.25) is 0 Å². The fraction of sp³-hybridized carbons (Fsp3) is 0.929. The van der Waals surface area contributed by atoms with E-state index >= 15 is 0 Å². The topological polar surface area (TPSA) is 49.8 Å². The van der Waals surface area contributed by atoms with E-state index < -0.39 is 11.2 Å². The van der Waals surface area contributed by atoms with Crippen LogP contribution >= 0.6 is 0 Å². The molecule has 104 valence electrons. The third-order valence-corrected chi connectivity index (χ3v) is 3.78. The van der Waals surface area contributed by atoms with Crippen LogP contribution in [0.4, 0.5) is 4.79 Å². The Labute approximate surface area is 109 Å². The number of rotatable bonds is 3. The molecule has 4 nitrogen and oxygen atoms in total. The van der Waals surface area contributed by atoms with Gasteiger partial charge in [-0.15, -0.1) is 0 Å². The fourth-order valence-electron chi connectivity index (χ4n) is 2.53. The molecule has 1 aliphatic heterocycles. The van der Waals surface area contributed by atoms with Crippen LogP contribution in [0.5, 0.6) is 0 Å². The van der Waals surface area contributed by atoms with E-state index in [9.17, 15) is 9.90 Å². The number of amides is 1. The molecular weight excluding hydrogens is 230 g/mol. The SMILES string of the molecule is CC(C)(C)OC(=O)N1CCCC1CCC1(O)CC1. The van der Waals surface area contributed by atoms with E-state index in [1.165, 1.54) is 0 Å². The Hall–Kier alpha value is -0.770. The molecule has 1 unspecified atom stereocenters. The molecule has 1 heterocycles. The monoisotopic (exact) mass is 255 g/mol. The number of carbonyl (C=O) groups excluding carboxylic acids is 1. The third kappa shape index (κ3) is 3.61. The molecule has 0 aromatic rings. The van der Waals surface area contributed by atoms with Gasteiger partial charge in [-0.25, -0.2) is 4.79 Å². The lowest BCUT2D eigenvalue weighted by Crippen LogP contribution is -2.40. The summed E-state index contributed by atoms with van der Waals surface area (Å²) in [7, 11) is 0. The lowest BCUT2D eigenvalue weighted by Gasteiger charge is -2.29. The molecule has 18 heavy (non-hydrogen) atoms. The zero-order valence-corrected chi connectivity index (χ0v) is 11.7. The Morgan fingerprint density at radius 3 is 2.67 bits per heavy atom. The van der Waals surface area contributed by atoms with Crippen LogP contribution in [0, 0.1) is 0 Å². The van der Waals surface area contributed by atoms with Gasteiger partial charge in [0, 0.05) is 12.6 Å².